The third-order valence-corrected chi connectivity index (χ3v) is 1.97. The van der Waals surface area contributed by atoms with Gasteiger partial charge in [0.05, 0.1) is 6.61 Å². The fraction of sp³-hybridized carbons (Fsp3) is 0.917. The van der Waals surface area contributed by atoms with Crippen LogP contribution in [0.15, 0.2) is 0 Å². The average molecular weight is 215 g/mol. The van der Waals surface area contributed by atoms with Crippen LogP contribution in [-0.4, -0.2) is 24.2 Å². The van der Waals surface area contributed by atoms with E-state index in [1.165, 1.54) is 0 Å². The van der Waals surface area contributed by atoms with Gasteiger partial charge in [-0.2, -0.15) is 0 Å². The van der Waals surface area contributed by atoms with E-state index < -0.39 is 0 Å². The summed E-state index contributed by atoms with van der Waals surface area (Å²) in [6.45, 7) is 14.5. The Morgan fingerprint density at radius 2 is 1.67 bits per heavy atom. The Labute approximate surface area is 93.6 Å². The molecule has 0 heterocycles. The van der Waals surface area contributed by atoms with E-state index in [-0.39, 0.29) is 23.0 Å². The molecule has 0 aromatic rings. The molecule has 0 saturated heterocycles. The summed E-state index contributed by atoms with van der Waals surface area (Å²) in [6.07, 6.45) is 0. The summed E-state index contributed by atoms with van der Waals surface area (Å²) < 4.78 is 5.07. The van der Waals surface area contributed by atoms with Crippen molar-refractivity contribution in [2.24, 2.45) is 5.41 Å². The quantitative estimate of drug-likeness (QED) is 0.734. The first-order chi connectivity index (χ1) is 6.58. The van der Waals surface area contributed by atoms with Crippen LogP contribution >= 0.6 is 0 Å². The molecule has 3 nitrogen and oxygen atoms in total. The predicted octanol–water partition coefficient (Wildman–Crippen LogP) is 2.35. The van der Waals surface area contributed by atoms with Gasteiger partial charge in [-0.1, -0.05) is 20.8 Å². The molecule has 0 fully saturated rings. The van der Waals surface area contributed by atoms with E-state index in [0.29, 0.717) is 6.61 Å². The second-order valence-electron chi connectivity index (χ2n) is 5.95. The van der Waals surface area contributed by atoms with E-state index in [2.05, 4.69) is 5.32 Å². The van der Waals surface area contributed by atoms with Crippen LogP contribution in [0.1, 0.15) is 48.5 Å². The first-order valence-corrected chi connectivity index (χ1v) is 5.52. The Balaban J connectivity index is 4.68. The van der Waals surface area contributed by atoms with Crippen molar-refractivity contribution < 1.29 is 9.53 Å². The van der Waals surface area contributed by atoms with Crippen molar-refractivity contribution in [3.05, 3.63) is 0 Å². The molecular weight excluding hydrogens is 190 g/mol. The highest BCUT2D eigenvalue weighted by Gasteiger charge is 2.34. The van der Waals surface area contributed by atoms with Gasteiger partial charge in [-0.15, -0.1) is 0 Å². The van der Waals surface area contributed by atoms with Crippen molar-refractivity contribution in [1.82, 2.24) is 5.32 Å². The minimum Gasteiger partial charge on any atom is -0.465 e. The van der Waals surface area contributed by atoms with Crippen molar-refractivity contribution in [2.45, 2.75) is 60.0 Å². The molecule has 1 atom stereocenters. The number of hydrogen-bond acceptors (Lipinski definition) is 3. The van der Waals surface area contributed by atoms with Crippen molar-refractivity contribution in [1.29, 1.82) is 0 Å². The third kappa shape index (κ3) is 5.78. The Morgan fingerprint density at radius 1 is 1.20 bits per heavy atom. The lowest BCUT2D eigenvalue weighted by Gasteiger charge is -2.35. The number of rotatable bonds is 3. The normalized spacial score (nSPS) is 14.9. The van der Waals surface area contributed by atoms with Crippen molar-refractivity contribution >= 4 is 5.97 Å². The number of ether oxygens (including phenoxy) is 1. The van der Waals surface area contributed by atoms with E-state index in [0.717, 1.165) is 0 Å². The highest BCUT2D eigenvalue weighted by molar-refractivity contribution is 5.76. The first kappa shape index (κ1) is 14.4. The lowest BCUT2D eigenvalue weighted by Crippen LogP contribution is -2.54. The first-order valence-electron chi connectivity index (χ1n) is 5.52. The number of esters is 1. The summed E-state index contributed by atoms with van der Waals surface area (Å²) in [7, 11) is 0. The van der Waals surface area contributed by atoms with E-state index >= 15 is 0 Å². The van der Waals surface area contributed by atoms with E-state index in [4.69, 9.17) is 4.74 Å². The van der Waals surface area contributed by atoms with Crippen molar-refractivity contribution in [3.63, 3.8) is 0 Å². The summed E-state index contributed by atoms with van der Waals surface area (Å²) in [5.41, 5.74) is -0.232. The molecule has 0 aromatic carbocycles. The summed E-state index contributed by atoms with van der Waals surface area (Å²) in [5, 5.41) is 3.31. The highest BCUT2D eigenvalue weighted by atomic mass is 16.5. The van der Waals surface area contributed by atoms with Crippen LogP contribution in [-0.2, 0) is 9.53 Å². The molecule has 0 aliphatic carbocycles. The van der Waals surface area contributed by atoms with Crippen LogP contribution in [0.25, 0.3) is 0 Å². The van der Waals surface area contributed by atoms with Crippen LogP contribution in [0.2, 0.25) is 0 Å². The molecule has 1 N–H and O–H groups in total. The molecule has 0 amide bonds. The van der Waals surface area contributed by atoms with E-state index in [9.17, 15) is 4.79 Å². The van der Waals surface area contributed by atoms with Gasteiger partial charge in [-0.3, -0.25) is 10.1 Å². The molecule has 0 spiro atoms. The van der Waals surface area contributed by atoms with Gasteiger partial charge in [0.2, 0.25) is 0 Å². The number of hydrogen-bond donors (Lipinski definition) is 1. The number of nitrogens with one attached hydrogen (secondary N) is 1. The molecule has 0 rings (SSSR count). The highest BCUT2D eigenvalue weighted by Crippen LogP contribution is 2.22. The molecule has 0 aliphatic heterocycles. The second kappa shape index (κ2) is 4.97. The molecule has 0 saturated carbocycles. The zero-order valence-corrected chi connectivity index (χ0v) is 11.1. The summed E-state index contributed by atoms with van der Waals surface area (Å²) in [6, 6.07) is -0.266. The van der Waals surface area contributed by atoms with Gasteiger partial charge < -0.3 is 4.74 Å². The van der Waals surface area contributed by atoms with Gasteiger partial charge in [0, 0.05) is 5.54 Å². The minimum absolute atomic E-state index is 0.0926. The maximum Gasteiger partial charge on any atom is 0.323 e. The minimum atomic E-state index is -0.266. The van der Waals surface area contributed by atoms with Gasteiger partial charge in [-0.05, 0) is 33.1 Å². The van der Waals surface area contributed by atoms with E-state index in [1.807, 2.05) is 48.5 Å². The van der Waals surface area contributed by atoms with E-state index in [1.54, 1.807) is 0 Å². The van der Waals surface area contributed by atoms with Gasteiger partial charge in [0.15, 0.2) is 0 Å². The third-order valence-electron chi connectivity index (χ3n) is 1.97. The lowest BCUT2D eigenvalue weighted by molar-refractivity contribution is -0.149. The fourth-order valence-corrected chi connectivity index (χ4v) is 1.29. The Morgan fingerprint density at radius 3 is 1.93 bits per heavy atom. The fourth-order valence-electron chi connectivity index (χ4n) is 1.29. The molecule has 1 unspecified atom stereocenters. The van der Waals surface area contributed by atoms with Crippen LogP contribution in [0.5, 0.6) is 0 Å². The summed E-state index contributed by atoms with van der Waals surface area (Å²) in [5.74, 6) is -0.167. The lowest BCUT2D eigenvalue weighted by atomic mass is 9.85. The molecule has 0 aromatic heterocycles. The largest absolute Gasteiger partial charge is 0.465 e. The molecular formula is C12H25NO2. The molecule has 0 aliphatic rings. The Bertz CT molecular complexity index is 211. The smallest absolute Gasteiger partial charge is 0.323 e. The van der Waals surface area contributed by atoms with Crippen LogP contribution in [0.4, 0.5) is 0 Å². The maximum atomic E-state index is 11.8. The monoisotopic (exact) mass is 215 g/mol. The Kier molecular flexibility index (Phi) is 4.78. The summed E-state index contributed by atoms with van der Waals surface area (Å²) in [4.78, 5) is 11.8. The SMILES string of the molecule is CCOC(=O)C(NC(C)(C)C)C(C)(C)C. The maximum absolute atomic E-state index is 11.8. The van der Waals surface area contributed by atoms with Crippen LogP contribution in [0.3, 0.4) is 0 Å². The molecule has 3 heteroatoms. The molecule has 15 heavy (non-hydrogen) atoms. The topological polar surface area (TPSA) is 38.3 Å². The Hall–Kier alpha value is -0.570. The zero-order valence-electron chi connectivity index (χ0n) is 11.1. The molecule has 0 bridgehead atoms. The average Bonchev–Trinajstić information content (AvgIpc) is 1.97. The van der Waals surface area contributed by atoms with Crippen LogP contribution in [0, 0.1) is 5.41 Å². The number of carbonyl (C=O) groups excluding carboxylic acids is 1. The second-order valence-corrected chi connectivity index (χ2v) is 5.95. The number of carbonyl (C=O) groups is 1. The van der Waals surface area contributed by atoms with Gasteiger partial charge in [0.1, 0.15) is 6.04 Å². The zero-order chi connectivity index (χ0) is 12.3. The van der Waals surface area contributed by atoms with Crippen molar-refractivity contribution in [3.8, 4) is 0 Å². The van der Waals surface area contributed by atoms with Gasteiger partial charge in [-0.25, -0.2) is 0 Å². The predicted molar refractivity (Wildman–Crippen MR) is 62.8 cm³/mol. The summed E-state index contributed by atoms with van der Waals surface area (Å²) >= 11 is 0. The standard InChI is InChI=1S/C12H25NO2/c1-8-15-10(14)9(11(2,3)4)13-12(5,6)7/h9,13H,8H2,1-7H3. The van der Waals surface area contributed by atoms with Gasteiger partial charge >= 0.3 is 5.97 Å². The van der Waals surface area contributed by atoms with Gasteiger partial charge in [0.25, 0.3) is 0 Å². The van der Waals surface area contributed by atoms with Crippen LogP contribution < -0.4 is 5.32 Å². The molecule has 90 valence electrons. The molecule has 0 radical (unpaired) electrons. The van der Waals surface area contributed by atoms with Crippen molar-refractivity contribution in [2.75, 3.05) is 6.61 Å².